The molecule has 1 fully saturated rings. The van der Waals surface area contributed by atoms with Gasteiger partial charge in [-0.2, -0.15) is 0 Å². The largest absolute Gasteiger partial charge is 0.347 e. The summed E-state index contributed by atoms with van der Waals surface area (Å²) in [6, 6.07) is 1.44. The van der Waals surface area contributed by atoms with E-state index in [1.165, 1.54) is 0 Å². The molecule has 1 aromatic heterocycles. The first-order chi connectivity index (χ1) is 10.3. The van der Waals surface area contributed by atoms with E-state index in [1.807, 2.05) is 0 Å². The summed E-state index contributed by atoms with van der Waals surface area (Å²) >= 11 is 0. The molecule has 120 valence electrons. The number of aryl methyl sites for hydroxylation is 1. The fourth-order valence-corrected chi connectivity index (χ4v) is 4.10. The van der Waals surface area contributed by atoms with E-state index in [0.717, 1.165) is 0 Å². The van der Waals surface area contributed by atoms with Crippen LogP contribution < -0.4 is 10.2 Å². The van der Waals surface area contributed by atoms with Crippen molar-refractivity contribution in [2.75, 3.05) is 30.0 Å². The minimum atomic E-state index is -2.98. The molecule has 0 radical (unpaired) electrons. The van der Waals surface area contributed by atoms with Crippen LogP contribution in [0, 0.1) is 6.92 Å². The number of amides is 1. The number of anilines is 1. The average Bonchev–Trinajstić information content (AvgIpc) is 2.83. The zero-order chi connectivity index (χ0) is 16.3. The van der Waals surface area contributed by atoms with E-state index in [2.05, 4.69) is 21.9 Å². The van der Waals surface area contributed by atoms with Gasteiger partial charge < -0.3 is 10.2 Å². The van der Waals surface area contributed by atoms with Gasteiger partial charge in [0.15, 0.2) is 9.84 Å². The molecule has 0 spiro atoms. The Bertz CT molecular complexity index is 687. The standard InChI is InChI=1S/C14H20N4O3S/c1-4-6-15-13(19)12-8-10(2)16-14(17-12)18(3)11-5-7-22(20,21)9-11/h4,8,11H,1,5-7,9H2,2-3H3,(H,15,19). The van der Waals surface area contributed by atoms with Crippen LogP contribution in [0.2, 0.25) is 0 Å². The molecule has 0 saturated carbocycles. The molecular weight excluding hydrogens is 304 g/mol. The third-order valence-electron chi connectivity index (χ3n) is 3.55. The first-order valence-corrected chi connectivity index (χ1v) is 8.82. The molecule has 2 heterocycles. The van der Waals surface area contributed by atoms with Crippen molar-refractivity contribution in [3.8, 4) is 0 Å². The van der Waals surface area contributed by atoms with E-state index < -0.39 is 9.84 Å². The Morgan fingerprint density at radius 2 is 2.27 bits per heavy atom. The molecule has 1 aromatic rings. The monoisotopic (exact) mass is 324 g/mol. The summed E-state index contributed by atoms with van der Waals surface area (Å²) in [6.45, 7) is 5.67. The van der Waals surface area contributed by atoms with Gasteiger partial charge in [0.05, 0.1) is 11.5 Å². The summed E-state index contributed by atoms with van der Waals surface area (Å²) in [6.07, 6.45) is 2.14. The van der Waals surface area contributed by atoms with E-state index >= 15 is 0 Å². The number of nitrogens with zero attached hydrogens (tertiary/aromatic N) is 3. The number of aromatic nitrogens is 2. The van der Waals surface area contributed by atoms with E-state index in [1.54, 1.807) is 31.0 Å². The topological polar surface area (TPSA) is 92.3 Å². The highest BCUT2D eigenvalue weighted by atomic mass is 32.2. The third kappa shape index (κ3) is 3.82. The first-order valence-electron chi connectivity index (χ1n) is 7.00. The third-order valence-corrected chi connectivity index (χ3v) is 5.30. The molecule has 0 aliphatic carbocycles. The lowest BCUT2D eigenvalue weighted by Crippen LogP contribution is -2.35. The molecule has 22 heavy (non-hydrogen) atoms. The number of sulfone groups is 1. The lowest BCUT2D eigenvalue weighted by molar-refractivity contribution is 0.0953. The molecule has 7 nitrogen and oxygen atoms in total. The van der Waals surface area contributed by atoms with Crippen molar-refractivity contribution < 1.29 is 13.2 Å². The second kappa shape index (κ2) is 6.43. The highest BCUT2D eigenvalue weighted by Crippen LogP contribution is 2.20. The van der Waals surface area contributed by atoms with Crippen LogP contribution in [0.25, 0.3) is 0 Å². The van der Waals surface area contributed by atoms with E-state index in [4.69, 9.17) is 0 Å². The summed E-state index contributed by atoms with van der Waals surface area (Å²) in [4.78, 5) is 22.3. The number of rotatable bonds is 5. The lowest BCUT2D eigenvalue weighted by atomic mass is 10.2. The molecule has 2 rings (SSSR count). The van der Waals surface area contributed by atoms with Crippen LogP contribution in [0.1, 0.15) is 22.6 Å². The van der Waals surface area contributed by atoms with E-state index in [9.17, 15) is 13.2 Å². The lowest BCUT2D eigenvalue weighted by Gasteiger charge is -2.23. The van der Waals surface area contributed by atoms with Crippen molar-refractivity contribution in [3.63, 3.8) is 0 Å². The number of hydrogen-bond donors (Lipinski definition) is 1. The van der Waals surface area contributed by atoms with Gasteiger partial charge in [-0.1, -0.05) is 6.08 Å². The van der Waals surface area contributed by atoms with Crippen molar-refractivity contribution in [1.29, 1.82) is 0 Å². The Labute approximate surface area is 130 Å². The Morgan fingerprint density at radius 1 is 1.55 bits per heavy atom. The molecule has 1 unspecified atom stereocenters. The van der Waals surface area contributed by atoms with Crippen LogP contribution in [-0.4, -0.2) is 55.4 Å². The Morgan fingerprint density at radius 3 is 2.86 bits per heavy atom. The fourth-order valence-electron chi connectivity index (χ4n) is 2.33. The van der Waals surface area contributed by atoms with Gasteiger partial charge in [0.25, 0.3) is 5.91 Å². The molecule has 1 aliphatic heterocycles. The van der Waals surface area contributed by atoms with Gasteiger partial charge in [-0.05, 0) is 19.4 Å². The van der Waals surface area contributed by atoms with Crippen molar-refractivity contribution in [3.05, 3.63) is 30.1 Å². The molecule has 1 saturated heterocycles. The van der Waals surface area contributed by atoms with Crippen LogP contribution in [-0.2, 0) is 9.84 Å². The molecule has 0 aromatic carbocycles. The van der Waals surface area contributed by atoms with E-state index in [0.29, 0.717) is 24.6 Å². The Hall–Kier alpha value is -1.96. The minimum absolute atomic E-state index is 0.0960. The van der Waals surface area contributed by atoms with Gasteiger partial charge in [0.2, 0.25) is 5.95 Å². The van der Waals surface area contributed by atoms with Crippen LogP contribution in [0.15, 0.2) is 18.7 Å². The maximum Gasteiger partial charge on any atom is 0.270 e. The average molecular weight is 324 g/mol. The van der Waals surface area contributed by atoms with Crippen LogP contribution in [0.3, 0.4) is 0 Å². The predicted molar refractivity (Wildman–Crippen MR) is 84.8 cm³/mol. The maximum atomic E-state index is 12.0. The zero-order valence-electron chi connectivity index (χ0n) is 12.7. The highest BCUT2D eigenvalue weighted by Gasteiger charge is 2.32. The number of carbonyl (C=O) groups is 1. The summed E-state index contributed by atoms with van der Waals surface area (Å²) < 4.78 is 23.2. The van der Waals surface area contributed by atoms with Crippen LogP contribution >= 0.6 is 0 Å². The van der Waals surface area contributed by atoms with Crippen molar-refractivity contribution >= 4 is 21.7 Å². The van der Waals surface area contributed by atoms with Gasteiger partial charge >= 0.3 is 0 Å². The van der Waals surface area contributed by atoms with Gasteiger partial charge in [-0.15, -0.1) is 6.58 Å². The maximum absolute atomic E-state index is 12.0. The molecular formula is C14H20N4O3S. The van der Waals surface area contributed by atoms with Crippen molar-refractivity contribution in [1.82, 2.24) is 15.3 Å². The quantitative estimate of drug-likeness (QED) is 0.785. The summed E-state index contributed by atoms with van der Waals surface area (Å²) in [5.41, 5.74) is 0.915. The molecule has 1 amide bonds. The Balaban J connectivity index is 2.22. The highest BCUT2D eigenvalue weighted by molar-refractivity contribution is 7.91. The van der Waals surface area contributed by atoms with Gasteiger partial charge in [0.1, 0.15) is 5.69 Å². The zero-order valence-corrected chi connectivity index (χ0v) is 13.6. The number of hydrogen-bond acceptors (Lipinski definition) is 6. The fraction of sp³-hybridized carbons (Fsp3) is 0.500. The summed E-state index contributed by atoms with van der Waals surface area (Å²) in [5.74, 6) is 0.337. The van der Waals surface area contributed by atoms with Crippen LogP contribution in [0.5, 0.6) is 0 Å². The number of nitrogens with one attached hydrogen (secondary N) is 1. The molecule has 1 atom stereocenters. The van der Waals surface area contributed by atoms with Crippen LogP contribution in [0.4, 0.5) is 5.95 Å². The number of carbonyl (C=O) groups excluding carboxylic acids is 1. The summed E-state index contributed by atoms with van der Waals surface area (Å²) in [5, 5.41) is 2.66. The normalized spacial score (nSPS) is 19.6. The second-order valence-electron chi connectivity index (χ2n) is 5.36. The molecule has 1 N–H and O–H groups in total. The van der Waals surface area contributed by atoms with Gasteiger partial charge in [-0.3, -0.25) is 4.79 Å². The van der Waals surface area contributed by atoms with Crippen molar-refractivity contribution in [2.24, 2.45) is 0 Å². The predicted octanol–water partition coefficient (Wildman–Crippen LogP) is 0.324. The van der Waals surface area contributed by atoms with Crippen molar-refractivity contribution in [2.45, 2.75) is 19.4 Å². The minimum Gasteiger partial charge on any atom is -0.347 e. The first kappa shape index (κ1) is 16.4. The smallest absolute Gasteiger partial charge is 0.270 e. The summed E-state index contributed by atoms with van der Waals surface area (Å²) in [7, 11) is -1.23. The van der Waals surface area contributed by atoms with Gasteiger partial charge in [0, 0.05) is 25.3 Å². The van der Waals surface area contributed by atoms with Gasteiger partial charge in [-0.25, -0.2) is 18.4 Å². The van der Waals surface area contributed by atoms with E-state index in [-0.39, 0.29) is 29.1 Å². The molecule has 8 heteroatoms. The molecule has 0 bridgehead atoms. The second-order valence-corrected chi connectivity index (χ2v) is 7.59. The Kier molecular flexibility index (Phi) is 4.80. The molecule has 1 aliphatic rings. The SMILES string of the molecule is C=CCNC(=O)c1cc(C)nc(N(C)C2CCS(=O)(=O)C2)n1.